The molecule has 0 saturated carbocycles. The van der Waals surface area contributed by atoms with Crippen LogP contribution in [0.25, 0.3) is 0 Å². The number of fused-ring (bicyclic) bond motifs is 1. The Kier molecular flexibility index (Phi) is 6.34. The first-order valence-corrected chi connectivity index (χ1v) is 11.3. The summed E-state index contributed by atoms with van der Waals surface area (Å²) in [6, 6.07) is 11.3. The molecule has 180 valence electrons. The van der Waals surface area contributed by atoms with Crippen LogP contribution in [0.1, 0.15) is 39.0 Å². The second-order valence-corrected chi connectivity index (χ2v) is 9.53. The molecule has 8 heteroatoms. The van der Waals surface area contributed by atoms with Crippen LogP contribution >= 0.6 is 0 Å². The van der Waals surface area contributed by atoms with Crippen molar-refractivity contribution >= 4 is 11.6 Å². The van der Waals surface area contributed by atoms with Gasteiger partial charge in [0.05, 0.1) is 23.8 Å². The minimum atomic E-state index is -4.60. The Balaban J connectivity index is 1.60. The van der Waals surface area contributed by atoms with Crippen LogP contribution in [0.3, 0.4) is 0 Å². The molecule has 2 aromatic rings. The number of hydrogen-bond acceptors (Lipinski definition) is 4. The van der Waals surface area contributed by atoms with Gasteiger partial charge in [0.1, 0.15) is 0 Å². The maximum atomic E-state index is 13.5. The van der Waals surface area contributed by atoms with Crippen LogP contribution in [0.4, 0.5) is 18.9 Å². The predicted octanol–water partition coefficient (Wildman–Crippen LogP) is 4.81. The van der Waals surface area contributed by atoms with Gasteiger partial charge in [0.25, 0.3) is 5.91 Å². The Bertz CT molecular complexity index is 1140. The molecule has 2 aromatic carbocycles. The third kappa shape index (κ3) is 4.37. The van der Waals surface area contributed by atoms with Crippen LogP contribution < -0.4 is 4.90 Å². The molecule has 0 bridgehead atoms. The highest BCUT2D eigenvalue weighted by atomic mass is 19.4. The number of carbonyl (C=O) groups is 1. The van der Waals surface area contributed by atoms with E-state index in [0.29, 0.717) is 50.5 Å². The zero-order chi connectivity index (χ0) is 24.7. The molecule has 0 aliphatic carbocycles. The van der Waals surface area contributed by atoms with E-state index in [-0.39, 0.29) is 22.8 Å². The lowest BCUT2D eigenvalue weighted by Gasteiger charge is -2.44. The molecule has 2 unspecified atom stereocenters. The lowest BCUT2D eigenvalue weighted by molar-refractivity contribution is -0.137. The van der Waals surface area contributed by atoms with E-state index in [1.165, 1.54) is 6.07 Å². The molecule has 4 rings (SSSR count). The first-order valence-electron chi connectivity index (χ1n) is 11.3. The molecule has 2 fully saturated rings. The Morgan fingerprint density at radius 3 is 2.65 bits per heavy atom. The number of carbonyl (C=O) groups excluding carboxylic acids is 1. The summed E-state index contributed by atoms with van der Waals surface area (Å²) in [7, 11) is 1.64. The summed E-state index contributed by atoms with van der Waals surface area (Å²) in [6.45, 7) is 6.52. The summed E-state index contributed by atoms with van der Waals surface area (Å²) in [5, 5.41) is 9.10. The molecule has 0 aromatic heterocycles. The number of benzene rings is 2. The maximum Gasteiger partial charge on any atom is 0.417 e. The van der Waals surface area contributed by atoms with Crippen molar-refractivity contribution < 1.29 is 22.7 Å². The molecule has 34 heavy (non-hydrogen) atoms. The van der Waals surface area contributed by atoms with Gasteiger partial charge >= 0.3 is 6.18 Å². The second kappa shape index (κ2) is 8.95. The van der Waals surface area contributed by atoms with Gasteiger partial charge in [0.2, 0.25) is 0 Å². The smallest absolute Gasteiger partial charge is 0.384 e. The van der Waals surface area contributed by atoms with Crippen molar-refractivity contribution in [3.8, 4) is 6.07 Å². The highest BCUT2D eigenvalue weighted by Gasteiger charge is 2.51. The van der Waals surface area contributed by atoms with E-state index < -0.39 is 11.7 Å². The Hall–Kier alpha value is -3.05. The van der Waals surface area contributed by atoms with Gasteiger partial charge in [-0.3, -0.25) is 4.79 Å². The van der Waals surface area contributed by atoms with E-state index in [1.54, 1.807) is 19.2 Å². The maximum absolute atomic E-state index is 13.5. The number of amides is 1. The molecule has 2 atom stereocenters. The Labute approximate surface area is 197 Å². The van der Waals surface area contributed by atoms with Gasteiger partial charge in [-0.25, -0.2) is 0 Å². The van der Waals surface area contributed by atoms with Crippen molar-refractivity contribution in [3.63, 3.8) is 0 Å². The van der Waals surface area contributed by atoms with Gasteiger partial charge in [-0.05, 0) is 50.1 Å². The summed E-state index contributed by atoms with van der Waals surface area (Å²) in [5.74, 6) is 0.0376. The topological polar surface area (TPSA) is 56.6 Å². The predicted molar refractivity (Wildman–Crippen MR) is 123 cm³/mol. The fraction of sp³-hybridized carbons (Fsp3) is 0.462. The van der Waals surface area contributed by atoms with Crippen molar-refractivity contribution in [2.75, 3.05) is 44.8 Å². The van der Waals surface area contributed by atoms with Crippen molar-refractivity contribution in [1.29, 1.82) is 5.26 Å². The van der Waals surface area contributed by atoms with E-state index >= 15 is 0 Å². The zero-order valence-electron chi connectivity index (χ0n) is 19.6. The summed E-state index contributed by atoms with van der Waals surface area (Å²) in [6.07, 6.45) is -3.90. The van der Waals surface area contributed by atoms with E-state index in [2.05, 4.69) is 0 Å². The van der Waals surface area contributed by atoms with E-state index in [9.17, 15) is 18.0 Å². The number of piperidine rings is 1. The van der Waals surface area contributed by atoms with Gasteiger partial charge < -0.3 is 14.5 Å². The number of rotatable bonds is 4. The molecule has 0 spiro atoms. The lowest BCUT2D eigenvalue weighted by Crippen LogP contribution is -2.49. The number of ether oxygens (including phenoxy) is 1. The number of hydrogen-bond donors (Lipinski definition) is 0. The van der Waals surface area contributed by atoms with Crippen molar-refractivity contribution in [3.05, 3.63) is 64.2 Å². The number of alkyl halides is 3. The van der Waals surface area contributed by atoms with Gasteiger partial charge in [0, 0.05) is 55.9 Å². The molecule has 1 amide bonds. The van der Waals surface area contributed by atoms with Crippen LogP contribution in [0.15, 0.2) is 36.4 Å². The second-order valence-electron chi connectivity index (χ2n) is 9.53. The van der Waals surface area contributed by atoms with Gasteiger partial charge in [0.15, 0.2) is 0 Å². The Morgan fingerprint density at radius 2 is 1.97 bits per heavy atom. The quantitative estimate of drug-likeness (QED) is 0.642. The molecule has 5 nitrogen and oxygen atoms in total. The molecular weight excluding hydrogens is 443 g/mol. The molecule has 2 heterocycles. The number of likely N-dealkylation sites (tertiary alicyclic amines) is 1. The summed E-state index contributed by atoms with van der Waals surface area (Å²) < 4.78 is 46.0. The zero-order valence-corrected chi connectivity index (χ0v) is 19.6. The highest BCUT2D eigenvalue weighted by Crippen LogP contribution is 2.45. The first-order chi connectivity index (χ1) is 16.1. The molecule has 2 aliphatic heterocycles. The number of nitrogens with zero attached hydrogens (tertiary/aromatic N) is 3. The number of anilines is 1. The monoisotopic (exact) mass is 471 g/mol. The van der Waals surface area contributed by atoms with E-state index in [4.69, 9.17) is 10.00 Å². The third-order valence-corrected chi connectivity index (χ3v) is 7.27. The summed E-state index contributed by atoms with van der Waals surface area (Å²) in [5.41, 5.74) is 1.53. The van der Waals surface area contributed by atoms with Crippen molar-refractivity contribution in [1.82, 2.24) is 4.90 Å². The molecule has 2 saturated heterocycles. The number of halogens is 3. The van der Waals surface area contributed by atoms with Gasteiger partial charge in [-0.15, -0.1) is 0 Å². The minimum Gasteiger partial charge on any atom is -0.384 e. The molecule has 0 N–H and O–H groups in total. The molecule has 2 aliphatic rings. The molecular formula is C26H28F3N3O2. The summed E-state index contributed by atoms with van der Waals surface area (Å²) in [4.78, 5) is 17.2. The largest absolute Gasteiger partial charge is 0.417 e. The van der Waals surface area contributed by atoms with Gasteiger partial charge in [-0.1, -0.05) is 17.7 Å². The highest BCUT2D eigenvalue weighted by molar-refractivity contribution is 5.96. The standard InChI is InChI=1S/C26H28F3N3O2/c1-17-4-5-18(2)22(10-17)24(33)32-14-20-13-31(9-8-25(20,15-32)16-34-3)21-7-6-19(12-30)23(11-21)26(27,28)29/h4-7,10-11,20H,8-9,13-16H2,1-3H3. The number of nitriles is 1. The Morgan fingerprint density at radius 1 is 1.21 bits per heavy atom. The van der Waals surface area contributed by atoms with Crippen LogP contribution in [-0.2, 0) is 10.9 Å². The number of aryl methyl sites for hydroxylation is 2. The SMILES string of the molecule is COCC12CCN(c3ccc(C#N)c(C(F)(F)F)c3)CC1CN(C(=O)c1cc(C)ccc1C)C2. The summed E-state index contributed by atoms with van der Waals surface area (Å²) >= 11 is 0. The van der Waals surface area contributed by atoms with Gasteiger partial charge in [-0.2, -0.15) is 18.4 Å². The van der Waals surface area contributed by atoms with Crippen LogP contribution in [0.2, 0.25) is 0 Å². The average molecular weight is 472 g/mol. The fourth-order valence-corrected chi connectivity index (χ4v) is 5.39. The van der Waals surface area contributed by atoms with Crippen LogP contribution in [0, 0.1) is 36.5 Å². The fourth-order valence-electron chi connectivity index (χ4n) is 5.39. The molecule has 0 radical (unpaired) electrons. The first kappa shape index (κ1) is 24.1. The van der Waals surface area contributed by atoms with Crippen molar-refractivity contribution in [2.45, 2.75) is 26.4 Å². The third-order valence-electron chi connectivity index (χ3n) is 7.27. The average Bonchev–Trinajstić information content (AvgIpc) is 3.18. The normalized spacial score (nSPS) is 22.4. The van der Waals surface area contributed by atoms with Crippen LogP contribution in [0.5, 0.6) is 0 Å². The lowest BCUT2D eigenvalue weighted by atomic mass is 9.73. The van der Waals surface area contributed by atoms with Crippen LogP contribution in [-0.4, -0.2) is 50.7 Å². The van der Waals surface area contributed by atoms with E-state index in [0.717, 1.165) is 17.2 Å². The minimum absolute atomic E-state index is 0.0182. The van der Waals surface area contributed by atoms with Crippen molar-refractivity contribution in [2.24, 2.45) is 11.3 Å². The number of methoxy groups -OCH3 is 1. The van der Waals surface area contributed by atoms with E-state index in [1.807, 2.05) is 41.8 Å².